The molecule has 0 spiro atoms. The van der Waals surface area contributed by atoms with Crippen LogP contribution in [0.4, 0.5) is 10.5 Å². The Balaban J connectivity index is 1.60. The van der Waals surface area contributed by atoms with Crippen LogP contribution in [0, 0.1) is 10.1 Å². The number of nitrogens with one attached hydrogen (secondary N) is 1. The zero-order valence-electron chi connectivity index (χ0n) is 15.1. The molecule has 3 amide bonds. The average Bonchev–Trinajstić information content (AvgIpc) is 2.97. The molecule has 0 aromatic heterocycles. The molecule has 154 valence electrons. The lowest BCUT2D eigenvalue weighted by Gasteiger charge is -2.13. The maximum atomic E-state index is 12.5. The summed E-state index contributed by atoms with van der Waals surface area (Å²) >= 11 is 12.5. The first-order valence-electron chi connectivity index (χ1n) is 8.49. The van der Waals surface area contributed by atoms with Crippen molar-refractivity contribution in [2.75, 3.05) is 13.1 Å². The summed E-state index contributed by atoms with van der Waals surface area (Å²) in [6.45, 7) is 0.0528. The summed E-state index contributed by atoms with van der Waals surface area (Å²) in [6.07, 6.45) is 1.49. The average molecular weight is 466 g/mol. The number of benzene rings is 2. The minimum atomic E-state index is -0.524. The largest absolute Gasteiger partial charge is 0.350 e. The fourth-order valence-corrected chi connectivity index (χ4v) is 3.72. The number of imide groups is 1. The number of hydrogen-bond acceptors (Lipinski definition) is 6. The van der Waals surface area contributed by atoms with Gasteiger partial charge in [-0.3, -0.25) is 29.4 Å². The summed E-state index contributed by atoms with van der Waals surface area (Å²) in [7, 11) is 0. The van der Waals surface area contributed by atoms with E-state index >= 15 is 0 Å². The number of thioether (sulfide) groups is 1. The van der Waals surface area contributed by atoms with Gasteiger partial charge in [-0.25, -0.2) is 0 Å². The van der Waals surface area contributed by atoms with E-state index in [-0.39, 0.29) is 28.7 Å². The molecule has 1 aliphatic heterocycles. The van der Waals surface area contributed by atoms with Crippen molar-refractivity contribution >= 4 is 63.8 Å². The molecular formula is C19H13Cl2N3O5S. The third-order valence-electron chi connectivity index (χ3n) is 4.08. The SMILES string of the molecule is O=C(NCCN1C(=O)SC(=Cc2ccc([N+](=O)[O-])cc2)C1=O)c1ccc(Cl)c(Cl)c1. The molecule has 11 heteroatoms. The van der Waals surface area contributed by atoms with E-state index < -0.39 is 22.0 Å². The molecule has 1 aliphatic rings. The van der Waals surface area contributed by atoms with Gasteiger partial charge in [0, 0.05) is 30.8 Å². The molecule has 1 N–H and O–H groups in total. The standard InChI is InChI=1S/C19H13Cl2N3O5S/c20-14-6-3-12(10-15(14)21)17(25)22-7-8-23-18(26)16(30-19(23)27)9-11-1-4-13(5-2-11)24(28)29/h1-6,9-10H,7-8H2,(H,22,25). The molecule has 8 nitrogen and oxygen atoms in total. The molecule has 2 aromatic rings. The highest BCUT2D eigenvalue weighted by atomic mass is 35.5. The second kappa shape index (κ2) is 9.29. The van der Waals surface area contributed by atoms with Crippen molar-refractivity contribution in [2.45, 2.75) is 0 Å². The third kappa shape index (κ3) is 4.99. The second-order valence-electron chi connectivity index (χ2n) is 6.07. The Hall–Kier alpha value is -2.88. The second-order valence-corrected chi connectivity index (χ2v) is 7.87. The van der Waals surface area contributed by atoms with Crippen molar-refractivity contribution in [2.24, 2.45) is 0 Å². The molecule has 0 saturated carbocycles. The van der Waals surface area contributed by atoms with E-state index in [1.54, 1.807) is 0 Å². The smallest absolute Gasteiger partial charge is 0.293 e. The Labute approximate surface area is 185 Å². The molecule has 2 aromatic carbocycles. The minimum Gasteiger partial charge on any atom is -0.350 e. The number of nitrogens with zero attached hydrogens (tertiary/aromatic N) is 2. The van der Waals surface area contributed by atoms with Crippen molar-refractivity contribution < 1.29 is 19.3 Å². The number of rotatable bonds is 6. The number of amides is 3. The number of hydrogen-bond donors (Lipinski definition) is 1. The van der Waals surface area contributed by atoms with E-state index in [1.165, 1.54) is 48.5 Å². The van der Waals surface area contributed by atoms with E-state index in [1.807, 2.05) is 0 Å². The number of nitro groups is 1. The molecule has 30 heavy (non-hydrogen) atoms. The zero-order valence-corrected chi connectivity index (χ0v) is 17.5. The maximum Gasteiger partial charge on any atom is 0.293 e. The highest BCUT2D eigenvalue weighted by molar-refractivity contribution is 8.18. The predicted molar refractivity (Wildman–Crippen MR) is 115 cm³/mol. The molecule has 0 unspecified atom stereocenters. The van der Waals surface area contributed by atoms with E-state index in [0.717, 1.165) is 16.7 Å². The molecule has 0 radical (unpaired) electrons. The fraction of sp³-hybridized carbons (Fsp3) is 0.105. The van der Waals surface area contributed by atoms with Gasteiger partial charge < -0.3 is 5.32 Å². The van der Waals surface area contributed by atoms with Crippen LogP contribution in [0.3, 0.4) is 0 Å². The molecule has 0 aliphatic carbocycles. The van der Waals surface area contributed by atoms with Gasteiger partial charge in [0.05, 0.1) is 19.9 Å². The Morgan fingerprint density at radius 3 is 2.47 bits per heavy atom. The molecule has 1 fully saturated rings. The van der Waals surface area contributed by atoms with E-state index in [0.29, 0.717) is 16.1 Å². The van der Waals surface area contributed by atoms with Gasteiger partial charge in [-0.2, -0.15) is 0 Å². The highest BCUT2D eigenvalue weighted by Gasteiger charge is 2.34. The van der Waals surface area contributed by atoms with Gasteiger partial charge in [-0.1, -0.05) is 23.2 Å². The van der Waals surface area contributed by atoms with Crippen LogP contribution < -0.4 is 5.32 Å². The summed E-state index contributed by atoms with van der Waals surface area (Å²) in [6, 6.07) is 10.0. The van der Waals surface area contributed by atoms with Crippen LogP contribution in [0.5, 0.6) is 0 Å². The number of carbonyl (C=O) groups excluding carboxylic acids is 3. The van der Waals surface area contributed by atoms with Gasteiger partial charge in [0.15, 0.2) is 0 Å². The summed E-state index contributed by atoms with van der Waals surface area (Å²) in [5, 5.41) is 13.4. The van der Waals surface area contributed by atoms with Crippen LogP contribution in [0.15, 0.2) is 47.4 Å². The van der Waals surface area contributed by atoms with Crippen molar-refractivity contribution in [3.8, 4) is 0 Å². The lowest BCUT2D eigenvalue weighted by molar-refractivity contribution is -0.384. The van der Waals surface area contributed by atoms with Crippen molar-refractivity contribution in [3.63, 3.8) is 0 Å². The summed E-state index contributed by atoms with van der Waals surface area (Å²) in [4.78, 5) is 48.2. The van der Waals surface area contributed by atoms with Crippen LogP contribution in [-0.2, 0) is 4.79 Å². The van der Waals surface area contributed by atoms with Crippen molar-refractivity contribution in [3.05, 3.63) is 78.7 Å². The third-order valence-corrected chi connectivity index (χ3v) is 5.72. The van der Waals surface area contributed by atoms with Crippen LogP contribution in [0.25, 0.3) is 6.08 Å². The minimum absolute atomic E-state index is 0.00463. The van der Waals surface area contributed by atoms with Gasteiger partial charge in [0.1, 0.15) is 0 Å². The topological polar surface area (TPSA) is 110 Å². The molecule has 1 saturated heterocycles. The summed E-state index contributed by atoms with van der Waals surface area (Å²) in [5.41, 5.74) is 0.786. The summed E-state index contributed by atoms with van der Waals surface area (Å²) < 4.78 is 0. The number of non-ortho nitro benzene ring substituents is 1. The first-order chi connectivity index (χ1) is 14.3. The number of carbonyl (C=O) groups is 3. The molecular weight excluding hydrogens is 453 g/mol. The lowest BCUT2D eigenvalue weighted by Crippen LogP contribution is -2.37. The van der Waals surface area contributed by atoms with E-state index in [9.17, 15) is 24.5 Å². The first-order valence-corrected chi connectivity index (χ1v) is 10.1. The lowest BCUT2D eigenvalue weighted by atomic mass is 10.2. The van der Waals surface area contributed by atoms with E-state index in [4.69, 9.17) is 23.2 Å². The molecule has 1 heterocycles. The maximum absolute atomic E-state index is 12.5. The van der Waals surface area contributed by atoms with Gasteiger partial charge in [0.2, 0.25) is 0 Å². The van der Waals surface area contributed by atoms with Gasteiger partial charge in [0.25, 0.3) is 22.7 Å². The normalized spacial score (nSPS) is 15.0. The summed E-state index contributed by atoms with van der Waals surface area (Å²) in [5.74, 6) is -0.908. The monoisotopic (exact) mass is 465 g/mol. The Morgan fingerprint density at radius 2 is 1.83 bits per heavy atom. The molecule has 0 atom stereocenters. The van der Waals surface area contributed by atoms with Crippen LogP contribution >= 0.6 is 35.0 Å². The Bertz CT molecular complexity index is 1070. The van der Waals surface area contributed by atoms with E-state index in [2.05, 4.69) is 5.32 Å². The molecule has 0 bridgehead atoms. The van der Waals surface area contributed by atoms with Gasteiger partial charge in [-0.15, -0.1) is 0 Å². The fourth-order valence-electron chi connectivity index (χ4n) is 2.56. The van der Waals surface area contributed by atoms with Gasteiger partial charge >= 0.3 is 0 Å². The van der Waals surface area contributed by atoms with Crippen LogP contribution in [0.2, 0.25) is 10.0 Å². The Morgan fingerprint density at radius 1 is 1.13 bits per heavy atom. The van der Waals surface area contributed by atoms with Crippen molar-refractivity contribution in [1.82, 2.24) is 10.2 Å². The number of nitro benzene ring substituents is 1. The number of halogens is 2. The van der Waals surface area contributed by atoms with Crippen LogP contribution in [0.1, 0.15) is 15.9 Å². The Kier molecular flexibility index (Phi) is 6.76. The van der Waals surface area contributed by atoms with Gasteiger partial charge in [-0.05, 0) is 53.7 Å². The quantitative estimate of drug-likeness (QED) is 0.385. The zero-order chi connectivity index (χ0) is 21.8. The first kappa shape index (κ1) is 21.8. The predicted octanol–water partition coefficient (Wildman–Crippen LogP) is 4.37. The molecule has 3 rings (SSSR count). The highest BCUT2D eigenvalue weighted by Crippen LogP contribution is 2.32. The van der Waals surface area contributed by atoms with Crippen LogP contribution in [-0.4, -0.2) is 40.0 Å². The van der Waals surface area contributed by atoms with Crippen molar-refractivity contribution in [1.29, 1.82) is 0 Å².